The van der Waals surface area contributed by atoms with Crippen molar-refractivity contribution >= 4 is 66.7 Å². The zero-order valence-corrected chi connectivity index (χ0v) is 23.4. The standard InChI is InChI=1S/C29H25IN2O4S/c1-3-4-14-36-21-7-5-6-19(16-21)26(33)24-25(18-9-11-20(30)12-10-18)32(28(35)27(24)34)29-31-22-13-8-17(2)15-23(22)37-29/h5-13,15-16,25,33H,3-4,14H2,1-2H3/b26-24+. The lowest BCUT2D eigenvalue weighted by Gasteiger charge is -2.23. The number of aliphatic hydroxyl groups is 1. The summed E-state index contributed by atoms with van der Waals surface area (Å²) in [7, 11) is 0. The maximum absolute atomic E-state index is 13.5. The summed E-state index contributed by atoms with van der Waals surface area (Å²) >= 11 is 3.56. The predicted molar refractivity (Wildman–Crippen MR) is 155 cm³/mol. The number of fused-ring (bicyclic) bond motifs is 1. The van der Waals surface area contributed by atoms with Crippen molar-refractivity contribution in [3.63, 3.8) is 0 Å². The SMILES string of the molecule is CCCCOc1cccc(/C(O)=C2\C(=O)C(=O)N(c3nc4ccc(C)cc4s3)C2c2ccc(I)cc2)c1. The van der Waals surface area contributed by atoms with Gasteiger partial charge in [0.2, 0.25) is 0 Å². The molecule has 1 aliphatic heterocycles. The van der Waals surface area contributed by atoms with Crippen LogP contribution in [-0.4, -0.2) is 28.4 Å². The molecule has 1 amide bonds. The van der Waals surface area contributed by atoms with Crippen LogP contribution in [0.2, 0.25) is 0 Å². The number of hydrogen-bond donors (Lipinski definition) is 1. The fourth-order valence-electron chi connectivity index (χ4n) is 4.34. The molecule has 0 spiro atoms. The highest BCUT2D eigenvalue weighted by molar-refractivity contribution is 14.1. The molecule has 0 aliphatic carbocycles. The van der Waals surface area contributed by atoms with Crippen molar-refractivity contribution in [1.29, 1.82) is 0 Å². The summed E-state index contributed by atoms with van der Waals surface area (Å²) in [6.45, 7) is 4.64. The minimum atomic E-state index is -0.816. The van der Waals surface area contributed by atoms with Crippen LogP contribution < -0.4 is 9.64 Å². The van der Waals surface area contributed by atoms with Crippen molar-refractivity contribution in [2.45, 2.75) is 32.7 Å². The van der Waals surface area contributed by atoms with Gasteiger partial charge < -0.3 is 9.84 Å². The Morgan fingerprint density at radius 3 is 2.65 bits per heavy atom. The number of nitrogens with zero attached hydrogens (tertiary/aromatic N) is 2. The van der Waals surface area contributed by atoms with Crippen molar-refractivity contribution in [2.24, 2.45) is 0 Å². The van der Waals surface area contributed by atoms with Gasteiger partial charge in [0.15, 0.2) is 5.13 Å². The lowest BCUT2D eigenvalue weighted by Crippen LogP contribution is -2.29. The molecule has 1 unspecified atom stereocenters. The summed E-state index contributed by atoms with van der Waals surface area (Å²) in [5, 5.41) is 11.9. The van der Waals surface area contributed by atoms with Gasteiger partial charge in [-0.15, -0.1) is 0 Å². The third-order valence-corrected chi connectivity index (χ3v) is 7.98. The fraction of sp³-hybridized carbons (Fsp3) is 0.207. The van der Waals surface area contributed by atoms with Crippen molar-refractivity contribution < 1.29 is 19.4 Å². The molecule has 6 nitrogen and oxygen atoms in total. The van der Waals surface area contributed by atoms with Crippen LogP contribution in [0.15, 0.2) is 72.3 Å². The highest BCUT2D eigenvalue weighted by Crippen LogP contribution is 2.44. The largest absolute Gasteiger partial charge is 0.507 e. The molecule has 5 rings (SSSR count). The maximum Gasteiger partial charge on any atom is 0.301 e. The van der Waals surface area contributed by atoms with Gasteiger partial charge in [-0.05, 0) is 83.5 Å². The number of thiazole rings is 1. The first kappa shape index (κ1) is 25.4. The smallest absolute Gasteiger partial charge is 0.301 e. The van der Waals surface area contributed by atoms with Crippen LogP contribution in [-0.2, 0) is 9.59 Å². The molecule has 1 fully saturated rings. The van der Waals surface area contributed by atoms with Gasteiger partial charge in [0.1, 0.15) is 11.5 Å². The second-order valence-corrected chi connectivity index (χ2v) is 11.2. The number of hydrogen-bond acceptors (Lipinski definition) is 6. The summed E-state index contributed by atoms with van der Waals surface area (Å²) in [6, 6.07) is 19.6. The van der Waals surface area contributed by atoms with Gasteiger partial charge in [0.25, 0.3) is 5.78 Å². The van der Waals surface area contributed by atoms with E-state index in [0.29, 0.717) is 28.6 Å². The second-order valence-electron chi connectivity index (χ2n) is 8.92. The molecule has 1 atom stereocenters. The Labute approximate surface area is 232 Å². The normalized spacial score (nSPS) is 17.1. The van der Waals surface area contributed by atoms with Crippen LogP contribution in [0, 0.1) is 10.5 Å². The first-order chi connectivity index (χ1) is 17.9. The number of ether oxygens (including phenoxy) is 1. The number of benzene rings is 3. The number of amides is 1. The minimum Gasteiger partial charge on any atom is -0.507 e. The molecular weight excluding hydrogens is 599 g/mol. The van der Waals surface area contributed by atoms with E-state index in [1.807, 2.05) is 55.5 Å². The summed E-state index contributed by atoms with van der Waals surface area (Å²) in [6.07, 6.45) is 1.92. The second kappa shape index (κ2) is 10.6. The van der Waals surface area contributed by atoms with Gasteiger partial charge in [0, 0.05) is 9.13 Å². The molecule has 2 heterocycles. The van der Waals surface area contributed by atoms with Gasteiger partial charge >= 0.3 is 5.91 Å². The Kier molecular flexibility index (Phi) is 7.30. The third-order valence-electron chi connectivity index (χ3n) is 6.24. The number of Topliss-reactive ketones (excluding diaryl/α,β-unsaturated/α-hetero) is 1. The predicted octanol–water partition coefficient (Wildman–Crippen LogP) is 7.01. The van der Waals surface area contributed by atoms with E-state index in [1.165, 1.54) is 16.2 Å². The van der Waals surface area contributed by atoms with Crippen LogP contribution in [0.1, 0.15) is 42.5 Å². The molecule has 1 aromatic heterocycles. The first-order valence-corrected chi connectivity index (χ1v) is 13.9. The number of rotatable bonds is 7. The number of carbonyl (C=O) groups excluding carboxylic acids is 2. The van der Waals surface area contributed by atoms with Gasteiger partial charge in [-0.2, -0.15) is 0 Å². The molecule has 1 saturated heterocycles. The van der Waals surface area contributed by atoms with Crippen LogP contribution in [0.4, 0.5) is 5.13 Å². The Balaban J connectivity index is 1.64. The molecule has 0 saturated carbocycles. The number of aliphatic hydroxyl groups excluding tert-OH is 1. The number of halogens is 1. The quantitative estimate of drug-likeness (QED) is 0.0787. The van der Waals surface area contributed by atoms with Gasteiger partial charge in [-0.25, -0.2) is 4.98 Å². The molecule has 3 aromatic carbocycles. The van der Waals surface area contributed by atoms with E-state index < -0.39 is 17.7 Å². The Hall–Kier alpha value is -3.24. The number of carbonyl (C=O) groups is 2. The topological polar surface area (TPSA) is 79.7 Å². The van der Waals surface area contributed by atoms with Gasteiger partial charge in [-0.3, -0.25) is 14.5 Å². The van der Waals surface area contributed by atoms with Crippen molar-refractivity contribution in [1.82, 2.24) is 4.98 Å². The van der Waals surface area contributed by atoms with E-state index in [-0.39, 0.29) is 11.3 Å². The Bertz CT molecular complexity index is 1530. The molecule has 4 aromatic rings. The summed E-state index contributed by atoms with van der Waals surface area (Å²) < 4.78 is 7.75. The van der Waals surface area contributed by atoms with Crippen molar-refractivity contribution in [3.05, 3.63) is 92.6 Å². The zero-order chi connectivity index (χ0) is 26.1. The number of aryl methyl sites for hydroxylation is 1. The Morgan fingerprint density at radius 2 is 1.89 bits per heavy atom. The lowest BCUT2D eigenvalue weighted by molar-refractivity contribution is -0.132. The van der Waals surface area contributed by atoms with Gasteiger partial charge in [-0.1, -0.05) is 55.0 Å². The molecule has 188 valence electrons. The molecule has 1 N–H and O–H groups in total. The molecule has 1 aliphatic rings. The average Bonchev–Trinajstić information content (AvgIpc) is 3.42. The summed E-state index contributed by atoms with van der Waals surface area (Å²) in [5.74, 6) is -1.09. The average molecular weight is 625 g/mol. The number of ketones is 1. The Morgan fingerprint density at radius 1 is 1.11 bits per heavy atom. The van der Waals surface area contributed by atoms with Crippen molar-refractivity contribution in [2.75, 3.05) is 11.5 Å². The van der Waals surface area contributed by atoms with Gasteiger partial charge in [0.05, 0.1) is 28.4 Å². The fourth-order valence-corrected chi connectivity index (χ4v) is 5.79. The van der Waals surface area contributed by atoms with Crippen molar-refractivity contribution in [3.8, 4) is 5.75 Å². The van der Waals surface area contributed by atoms with E-state index in [0.717, 1.165) is 32.2 Å². The number of unbranched alkanes of at least 4 members (excludes halogenated alkanes) is 1. The van der Waals surface area contributed by atoms with E-state index >= 15 is 0 Å². The highest BCUT2D eigenvalue weighted by atomic mass is 127. The van der Waals surface area contributed by atoms with Crippen LogP contribution in [0.3, 0.4) is 0 Å². The van der Waals surface area contributed by atoms with E-state index in [9.17, 15) is 14.7 Å². The lowest BCUT2D eigenvalue weighted by atomic mass is 9.95. The molecule has 0 radical (unpaired) electrons. The maximum atomic E-state index is 13.5. The summed E-state index contributed by atoms with van der Waals surface area (Å²) in [4.78, 5) is 33.0. The van der Waals surface area contributed by atoms with Crippen LogP contribution in [0.25, 0.3) is 16.0 Å². The number of anilines is 1. The summed E-state index contributed by atoms with van der Waals surface area (Å²) in [5.41, 5.74) is 3.01. The number of aromatic nitrogens is 1. The van der Waals surface area contributed by atoms with E-state index in [4.69, 9.17) is 4.74 Å². The first-order valence-electron chi connectivity index (χ1n) is 12.0. The molecule has 8 heteroatoms. The van der Waals surface area contributed by atoms with Crippen LogP contribution in [0.5, 0.6) is 5.75 Å². The monoisotopic (exact) mass is 624 g/mol. The molecule has 37 heavy (non-hydrogen) atoms. The van der Waals surface area contributed by atoms with E-state index in [2.05, 4.69) is 34.5 Å². The highest BCUT2D eigenvalue weighted by Gasteiger charge is 2.48. The minimum absolute atomic E-state index is 0.0346. The zero-order valence-electron chi connectivity index (χ0n) is 20.4. The molecular formula is C29H25IN2O4S. The molecule has 0 bridgehead atoms. The van der Waals surface area contributed by atoms with E-state index in [1.54, 1.807) is 18.2 Å². The van der Waals surface area contributed by atoms with Crippen LogP contribution >= 0.6 is 33.9 Å². The third kappa shape index (κ3) is 5.00.